The molecule has 2 atom stereocenters. The molecule has 0 spiro atoms. The lowest BCUT2D eigenvalue weighted by Crippen LogP contribution is -2.32. The molecule has 218 valence electrons. The molecule has 1 N–H and O–H groups in total. The van der Waals surface area contributed by atoms with Crippen molar-refractivity contribution in [1.82, 2.24) is 24.1 Å². The van der Waals surface area contributed by atoms with Crippen molar-refractivity contribution in [3.8, 4) is 17.1 Å². The summed E-state index contributed by atoms with van der Waals surface area (Å²) < 4.78 is 17.6. The number of nitrogens with zero attached hydrogens (tertiary/aromatic N) is 5. The molecular formula is C38H24N6O2. The van der Waals surface area contributed by atoms with E-state index in [0.717, 1.165) is 95.1 Å². The van der Waals surface area contributed by atoms with Gasteiger partial charge in [0, 0.05) is 75.8 Å². The van der Waals surface area contributed by atoms with Crippen LogP contribution in [0.3, 0.4) is 0 Å². The van der Waals surface area contributed by atoms with Crippen LogP contribution in [-0.2, 0) is 0 Å². The number of furan rings is 1. The normalized spacial score (nSPS) is 17.7. The smallest absolute Gasteiger partial charge is 0.135 e. The predicted molar refractivity (Wildman–Crippen MR) is 180 cm³/mol. The zero-order chi connectivity index (χ0) is 29.9. The van der Waals surface area contributed by atoms with Crippen LogP contribution in [0.4, 0.5) is 5.69 Å². The average Bonchev–Trinajstić information content (AvgIpc) is 3.84. The Hall–Kier alpha value is -6.15. The molecule has 0 radical (unpaired) electrons. The number of anilines is 1. The standard InChI is InChI=1S/C38H24N6O2/c1-3-31-37(41-11-1)27-19-39-13-9-29(27)43(31)21-5-7-33-23(15-21)25-17-36-26(18-35(25)45-33)24-16-22(6-8-34(24)46-36)44-30-10-14-40-20-28(30)38-32(44)4-2-12-42-38/h1-11,13-20,25,35,42H,12H2. The van der Waals surface area contributed by atoms with Gasteiger partial charge in [0.1, 0.15) is 22.9 Å². The maximum absolute atomic E-state index is 6.58. The molecule has 0 saturated carbocycles. The summed E-state index contributed by atoms with van der Waals surface area (Å²) in [5, 5.41) is 7.84. The van der Waals surface area contributed by atoms with Gasteiger partial charge < -0.3 is 23.6 Å². The third-order valence-electron chi connectivity index (χ3n) is 9.69. The Morgan fingerprint density at radius 3 is 2.57 bits per heavy atom. The summed E-state index contributed by atoms with van der Waals surface area (Å²) in [5.41, 5.74) is 11.5. The Labute approximate surface area is 261 Å². The number of aromatic nitrogens is 5. The molecule has 0 amide bonds. The highest BCUT2D eigenvalue weighted by Gasteiger charge is 2.34. The van der Waals surface area contributed by atoms with E-state index in [2.05, 4.69) is 108 Å². The van der Waals surface area contributed by atoms with E-state index in [1.807, 2.05) is 37.1 Å². The first kappa shape index (κ1) is 24.2. The first-order valence-corrected chi connectivity index (χ1v) is 15.5. The van der Waals surface area contributed by atoms with Crippen LogP contribution < -0.4 is 20.7 Å². The van der Waals surface area contributed by atoms with Gasteiger partial charge in [0.05, 0.1) is 39.4 Å². The topological polar surface area (TPSA) is 82.9 Å². The first-order chi connectivity index (χ1) is 22.8. The number of hydrogen-bond acceptors (Lipinski definition) is 6. The minimum absolute atomic E-state index is 0.0412. The predicted octanol–water partition coefficient (Wildman–Crippen LogP) is 6.22. The highest BCUT2D eigenvalue weighted by atomic mass is 16.5. The lowest BCUT2D eigenvalue weighted by atomic mass is 9.91. The van der Waals surface area contributed by atoms with E-state index in [9.17, 15) is 0 Å². The summed E-state index contributed by atoms with van der Waals surface area (Å²) in [4.78, 5) is 13.4. The Bertz CT molecular complexity index is 2710. The van der Waals surface area contributed by atoms with Crippen molar-refractivity contribution < 1.29 is 9.15 Å². The second-order valence-electron chi connectivity index (χ2n) is 12.1. The van der Waals surface area contributed by atoms with E-state index in [1.165, 1.54) is 0 Å². The molecule has 46 heavy (non-hydrogen) atoms. The summed E-state index contributed by atoms with van der Waals surface area (Å²) in [6, 6.07) is 21.1. The lowest BCUT2D eigenvalue weighted by molar-refractivity contribution is 0.287. The molecular weight excluding hydrogens is 572 g/mol. The maximum atomic E-state index is 6.58. The molecule has 8 nitrogen and oxygen atoms in total. The van der Waals surface area contributed by atoms with Crippen LogP contribution in [0, 0.1) is 0 Å². The summed E-state index contributed by atoms with van der Waals surface area (Å²) in [6.45, 7) is 0.805. The Balaban J connectivity index is 1.06. The monoisotopic (exact) mass is 596 g/mol. The number of nitrogens with one attached hydrogen (secondary N) is 1. The van der Waals surface area contributed by atoms with E-state index in [0.29, 0.717) is 0 Å². The number of pyridine rings is 3. The van der Waals surface area contributed by atoms with E-state index in [-0.39, 0.29) is 12.0 Å². The van der Waals surface area contributed by atoms with Gasteiger partial charge in [-0.25, -0.2) is 0 Å². The van der Waals surface area contributed by atoms with Crippen molar-refractivity contribution in [2.45, 2.75) is 12.0 Å². The van der Waals surface area contributed by atoms with Crippen LogP contribution in [0.5, 0.6) is 5.75 Å². The first-order valence-electron chi connectivity index (χ1n) is 15.5. The number of benzene rings is 2. The molecule has 8 aromatic rings. The highest BCUT2D eigenvalue weighted by molar-refractivity contribution is 6.06. The summed E-state index contributed by atoms with van der Waals surface area (Å²) in [6.07, 6.45) is 18.0. The van der Waals surface area contributed by atoms with Gasteiger partial charge in [-0.3, -0.25) is 15.0 Å². The van der Waals surface area contributed by atoms with Gasteiger partial charge in [-0.15, -0.1) is 0 Å². The lowest BCUT2D eigenvalue weighted by Gasteiger charge is -2.14. The number of hydrogen-bond donors (Lipinski definition) is 1. The van der Waals surface area contributed by atoms with E-state index in [4.69, 9.17) is 9.15 Å². The quantitative estimate of drug-likeness (QED) is 0.255. The molecule has 8 heterocycles. The summed E-state index contributed by atoms with van der Waals surface area (Å²) in [5.74, 6) is 0.944. The maximum Gasteiger partial charge on any atom is 0.135 e. The van der Waals surface area contributed by atoms with Crippen molar-refractivity contribution in [1.29, 1.82) is 0 Å². The summed E-state index contributed by atoms with van der Waals surface area (Å²) >= 11 is 0. The minimum atomic E-state index is -0.121. The van der Waals surface area contributed by atoms with Crippen molar-refractivity contribution >= 4 is 67.7 Å². The van der Waals surface area contributed by atoms with Crippen molar-refractivity contribution in [3.63, 3.8) is 0 Å². The van der Waals surface area contributed by atoms with Gasteiger partial charge in [-0.05, 0) is 78.9 Å². The zero-order valence-corrected chi connectivity index (χ0v) is 24.4. The van der Waals surface area contributed by atoms with E-state index in [1.54, 1.807) is 0 Å². The second kappa shape index (κ2) is 8.73. The molecule has 6 aromatic heterocycles. The SMILES string of the molecule is C1=Cc2c(c3cnccc3n2-c2ccc3oc4c(c3c2)=CC2Oc3ccc(-n5c6ccncc6c6ncccc65)cc3C2C=4)NC1. The molecule has 1 aliphatic carbocycles. The van der Waals surface area contributed by atoms with E-state index >= 15 is 0 Å². The largest absolute Gasteiger partial charge is 0.485 e. The second-order valence-corrected chi connectivity index (χ2v) is 12.1. The fraction of sp³-hybridized carbons (Fsp3) is 0.0789. The van der Waals surface area contributed by atoms with Crippen molar-refractivity contribution in [3.05, 3.63) is 120 Å². The van der Waals surface area contributed by atoms with Crippen LogP contribution in [0.15, 0.2) is 102 Å². The fourth-order valence-corrected chi connectivity index (χ4v) is 7.71. The highest BCUT2D eigenvalue weighted by Crippen LogP contribution is 2.43. The molecule has 0 saturated heterocycles. The third kappa shape index (κ3) is 3.14. The number of rotatable bonds is 2. The van der Waals surface area contributed by atoms with Gasteiger partial charge in [0.25, 0.3) is 0 Å². The van der Waals surface area contributed by atoms with Gasteiger partial charge >= 0.3 is 0 Å². The van der Waals surface area contributed by atoms with E-state index < -0.39 is 0 Å². The van der Waals surface area contributed by atoms with Crippen LogP contribution >= 0.6 is 0 Å². The minimum Gasteiger partial charge on any atom is -0.485 e. The molecule has 0 bridgehead atoms. The Morgan fingerprint density at radius 1 is 0.783 bits per heavy atom. The van der Waals surface area contributed by atoms with Gasteiger partial charge in [-0.1, -0.05) is 6.08 Å². The number of fused-ring (bicyclic) bond motifs is 12. The van der Waals surface area contributed by atoms with Crippen molar-refractivity contribution in [2.24, 2.45) is 0 Å². The van der Waals surface area contributed by atoms with Gasteiger partial charge in [-0.2, -0.15) is 0 Å². The molecule has 2 aromatic carbocycles. The average molecular weight is 597 g/mol. The Kier molecular flexibility index (Phi) is 4.59. The molecule has 8 heteroatoms. The van der Waals surface area contributed by atoms with Crippen LogP contribution in [0.2, 0.25) is 0 Å². The van der Waals surface area contributed by atoms with Crippen LogP contribution in [0.25, 0.3) is 73.4 Å². The molecule has 0 fully saturated rings. The summed E-state index contributed by atoms with van der Waals surface area (Å²) in [7, 11) is 0. The Morgan fingerprint density at radius 2 is 1.63 bits per heavy atom. The third-order valence-corrected chi connectivity index (χ3v) is 9.69. The van der Waals surface area contributed by atoms with Gasteiger partial charge in [0.2, 0.25) is 0 Å². The van der Waals surface area contributed by atoms with Gasteiger partial charge in [0.15, 0.2) is 0 Å². The molecule has 3 aliphatic rings. The molecule has 2 aliphatic heterocycles. The van der Waals surface area contributed by atoms with Crippen LogP contribution in [0.1, 0.15) is 17.2 Å². The fourth-order valence-electron chi connectivity index (χ4n) is 7.71. The number of ether oxygens (including phenoxy) is 1. The molecule has 2 unspecified atom stereocenters. The molecule has 11 rings (SSSR count). The zero-order valence-electron chi connectivity index (χ0n) is 24.4. The van der Waals surface area contributed by atoms with Crippen molar-refractivity contribution in [2.75, 3.05) is 11.9 Å². The van der Waals surface area contributed by atoms with Crippen LogP contribution in [-0.4, -0.2) is 36.7 Å².